The number of amides is 1. The van der Waals surface area contributed by atoms with Crippen LogP contribution < -0.4 is 10.2 Å². The van der Waals surface area contributed by atoms with Crippen molar-refractivity contribution in [1.29, 1.82) is 0 Å². The van der Waals surface area contributed by atoms with Gasteiger partial charge in [-0.25, -0.2) is 10.2 Å². The van der Waals surface area contributed by atoms with E-state index >= 15 is 0 Å². The minimum absolute atomic E-state index is 0.300. The van der Waals surface area contributed by atoms with E-state index < -0.39 is 11.9 Å². The third-order valence-corrected chi connectivity index (χ3v) is 7.45. The minimum Gasteiger partial charge on any atom is -0.422 e. The number of hydrogen-bond acceptors (Lipinski definition) is 4. The molecule has 1 amide bonds. The average Bonchev–Trinajstić information content (AvgIpc) is 3.39. The molecule has 6 rings (SSSR count). The van der Waals surface area contributed by atoms with Gasteiger partial charge < -0.3 is 9.72 Å². The number of fused-ring (bicyclic) bond motifs is 3. The van der Waals surface area contributed by atoms with Crippen molar-refractivity contribution in [2.24, 2.45) is 5.10 Å². The van der Waals surface area contributed by atoms with Gasteiger partial charge in [-0.3, -0.25) is 4.79 Å². The topological polar surface area (TPSA) is 83.5 Å². The summed E-state index contributed by atoms with van der Waals surface area (Å²) in [7, 11) is 0. The number of halogens is 2. The molecule has 0 aliphatic heterocycles. The van der Waals surface area contributed by atoms with Crippen LogP contribution in [0.2, 0.25) is 5.02 Å². The summed E-state index contributed by atoms with van der Waals surface area (Å²) < 4.78 is 6.37. The fourth-order valence-electron chi connectivity index (χ4n) is 4.71. The third-order valence-electron chi connectivity index (χ3n) is 6.62. The highest BCUT2D eigenvalue weighted by atomic mass is 79.9. The number of esters is 1. The maximum atomic E-state index is 13.6. The van der Waals surface area contributed by atoms with Crippen LogP contribution in [0.25, 0.3) is 32.8 Å². The second kappa shape index (κ2) is 11.4. The van der Waals surface area contributed by atoms with Crippen molar-refractivity contribution in [2.45, 2.75) is 0 Å². The lowest BCUT2D eigenvalue weighted by atomic mass is 9.99. The summed E-state index contributed by atoms with van der Waals surface area (Å²) in [6, 6.07) is 33.2. The van der Waals surface area contributed by atoms with Gasteiger partial charge in [0.1, 0.15) is 11.4 Å². The molecule has 6 nitrogen and oxygen atoms in total. The van der Waals surface area contributed by atoms with Crippen LogP contribution in [0.3, 0.4) is 0 Å². The van der Waals surface area contributed by atoms with Crippen molar-refractivity contribution in [3.63, 3.8) is 0 Å². The van der Waals surface area contributed by atoms with E-state index in [9.17, 15) is 9.59 Å². The van der Waals surface area contributed by atoms with E-state index in [1.807, 2.05) is 60.7 Å². The molecule has 200 valence electrons. The Bertz CT molecular complexity index is 1970. The SMILES string of the molecule is O=C(Oc1ccc(Br)cc1C=NNC(=O)c1[nH]c2c(ccc3ccccc32)c1-c1ccccc1Cl)c1ccccc1. The molecule has 1 aromatic heterocycles. The summed E-state index contributed by atoms with van der Waals surface area (Å²) >= 11 is 10.0. The zero-order valence-corrected chi connectivity index (χ0v) is 23.7. The Morgan fingerprint density at radius 3 is 2.44 bits per heavy atom. The van der Waals surface area contributed by atoms with Crippen molar-refractivity contribution in [1.82, 2.24) is 10.4 Å². The maximum absolute atomic E-state index is 13.6. The Kier molecular flexibility index (Phi) is 7.37. The fourth-order valence-corrected chi connectivity index (χ4v) is 5.32. The molecule has 6 aromatic rings. The van der Waals surface area contributed by atoms with Gasteiger partial charge in [0.2, 0.25) is 0 Å². The number of hydrazone groups is 1. The zero-order chi connectivity index (χ0) is 28.3. The Hall–Kier alpha value is -4.72. The van der Waals surface area contributed by atoms with Crippen molar-refractivity contribution in [3.05, 3.63) is 136 Å². The molecule has 5 aromatic carbocycles. The number of aromatic amines is 1. The number of carbonyl (C=O) groups is 2. The molecule has 0 aliphatic carbocycles. The van der Waals surface area contributed by atoms with E-state index in [1.165, 1.54) is 6.21 Å². The summed E-state index contributed by atoms with van der Waals surface area (Å²) in [5, 5.41) is 7.63. The maximum Gasteiger partial charge on any atom is 0.343 e. The van der Waals surface area contributed by atoms with E-state index in [0.717, 1.165) is 31.7 Å². The van der Waals surface area contributed by atoms with Gasteiger partial charge in [-0.2, -0.15) is 5.10 Å². The summed E-state index contributed by atoms with van der Waals surface area (Å²) in [5.74, 6) is -0.649. The molecule has 0 saturated heterocycles. The van der Waals surface area contributed by atoms with Crippen LogP contribution in [-0.2, 0) is 0 Å². The smallest absolute Gasteiger partial charge is 0.343 e. The first-order valence-electron chi connectivity index (χ1n) is 12.7. The summed E-state index contributed by atoms with van der Waals surface area (Å²) in [6.07, 6.45) is 1.43. The zero-order valence-electron chi connectivity index (χ0n) is 21.4. The molecular weight excluding hydrogens is 602 g/mol. The third kappa shape index (κ3) is 5.37. The highest BCUT2D eigenvalue weighted by Crippen LogP contribution is 2.39. The number of H-pyrrole nitrogens is 1. The van der Waals surface area contributed by atoms with Gasteiger partial charge in [0, 0.05) is 37.0 Å². The van der Waals surface area contributed by atoms with Crippen molar-refractivity contribution < 1.29 is 14.3 Å². The van der Waals surface area contributed by atoms with Crippen LogP contribution in [0, 0.1) is 0 Å². The van der Waals surface area contributed by atoms with Gasteiger partial charge in [0.05, 0.1) is 17.3 Å². The molecule has 0 spiro atoms. The van der Waals surface area contributed by atoms with Crippen LogP contribution in [0.15, 0.2) is 119 Å². The summed E-state index contributed by atoms with van der Waals surface area (Å²) in [4.78, 5) is 29.5. The second-order valence-electron chi connectivity index (χ2n) is 9.20. The van der Waals surface area contributed by atoms with Crippen LogP contribution in [0.5, 0.6) is 5.75 Å². The molecule has 0 bridgehead atoms. The molecule has 0 saturated carbocycles. The lowest BCUT2D eigenvalue weighted by molar-refractivity contribution is 0.0734. The largest absolute Gasteiger partial charge is 0.422 e. The fraction of sp³-hybridized carbons (Fsp3) is 0. The van der Waals surface area contributed by atoms with Gasteiger partial charge in [0.25, 0.3) is 5.91 Å². The number of benzene rings is 5. The molecular formula is C33H21BrClN3O3. The monoisotopic (exact) mass is 621 g/mol. The van der Waals surface area contributed by atoms with Gasteiger partial charge in [-0.15, -0.1) is 0 Å². The minimum atomic E-state index is -0.499. The number of hydrogen-bond donors (Lipinski definition) is 2. The van der Waals surface area contributed by atoms with Crippen molar-refractivity contribution in [2.75, 3.05) is 0 Å². The number of nitrogens with one attached hydrogen (secondary N) is 2. The van der Waals surface area contributed by atoms with Crippen LogP contribution in [0.1, 0.15) is 26.4 Å². The highest BCUT2D eigenvalue weighted by Gasteiger charge is 2.22. The van der Waals surface area contributed by atoms with E-state index in [1.54, 1.807) is 48.5 Å². The average molecular weight is 623 g/mol. The molecule has 2 N–H and O–H groups in total. The van der Waals surface area contributed by atoms with E-state index in [2.05, 4.69) is 31.4 Å². The molecule has 0 aliphatic rings. The molecule has 0 atom stereocenters. The van der Waals surface area contributed by atoms with Gasteiger partial charge in [-0.05, 0) is 41.8 Å². The first kappa shape index (κ1) is 26.5. The number of ether oxygens (including phenoxy) is 1. The number of nitrogens with zero attached hydrogens (tertiary/aromatic N) is 1. The van der Waals surface area contributed by atoms with Gasteiger partial charge in [-0.1, -0.05) is 100 Å². The number of carbonyl (C=O) groups excluding carboxylic acids is 2. The van der Waals surface area contributed by atoms with E-state index in [0.29, 0.717) is 33.2 Å². The molecule has 0 fully saturated rings. The van der Waals surface area contributed by atoms with Crippen LogP contribution in [0.4, 0.5) is 0 Å². The Labute approximate surface area is 248 Å². The van der Waals surface area contributed by atoms with Crippen LogP contribution in [-0.4, -0.2) is 23.1 Å². The number of rotatable bonds is 6. The Morgan fingerprint density at radius 2 is 1.61 bits per heavy atom. The first-order valence-corrected chi connectivity index (χ1v) is 13.9. The van der Waals surface area contributed by atoms with E-state index in [-0.39, 0.29) is 0 Å². The lowest BCUT2D eigenvalue weighted by Crippen LogP contribution is -2.19. The number of aromatic nitrogens is 1. The second-order valence-corrected chi connectivity index (χ2v) is 10.5. The standard InChI is InChI=1S/C33H21BrClN3O3/c34-23-15-17-28(41-33(40)21-9-2-1-3-10-21)22(18-23)19-36-38-32(39)31-29(25-12-6-7-13-27(25)35)26-16-14-20-8-4-5-11-24(20)30(26)37-31/h1-19,37H,(H,38,39). The quantitative estimate of drug-likeness (QED) is 0.0847. The molecule has 0 radical (unpaired) electrons. The van der Waals surface area contributed by atoms with E-state index in [4.69, 9.17) is 16.3 Å². The normalized spacial score (nSPS) is 11.3. The Morgan fingerprint density at radius 1 is 0.854 bits per heavy atom. The molecule has 41 heavy (non-hydrogen) atoms. The van der Waals surface area contributed by atoms with Crippen molar-refractivity contribution >= 4 is 67.3 Å². The molecule has 8 heteroatoms. The molecule has 0 unspecified atom stereocenters. The van der Waals surface area contributed by atoms with Crippen molar-refractivity contribution in [3.8, 4) is 16.9 Å². The summed E-state index contributed by atoms with van der Waals surface area (Å²) in [6.45, 7) is 0. The van der Waals surface area contributed by atoms with Gasteiger partial charge >= 0.3 is 5.97 Å². The predicted octanol–water partition coefficient (Wildman–Crippen LogP) is 8.39. The van der Waals surface area contributed by atoms with Crippen LogP contribution >= 0.6 is 27.5 Å². The molecule has 1 heterocycles. The summed E-state index contributed by atoms with van der Waals surface area (Å²) in [5.41, 5.74) is 6.10. The first-order chi connectivity index (χ1) is 20.0. The highest BCUT2D eigenvalue weighted by molar-refractivity contribution is 9.10. The predicted molar refractivity (Wildman–Crippen MR) is 167 cm³/mol. The Balaban J connectivity index is 1.34. The van der Waals surface area contributed by atoms with Gasteiger partial charge in [0.15, 0.2) is 0 Å². The lowest BCUT2D eigenvalue weighted by Gasteiger charge is -2.08.